The fraction of sp³-hybridized carbons (Fsp3) is 0.818. The zero-order valence-corrected chi connectivity index (χ0v) is 10.6. The lowest BCUT2D eigenvalue weighted by molar-refractivity contribution is -0.150. The molecule has 0 heterocycles. The summed E-state index contributed by atoms with van der Waals surface area (Å²) in [6.07, 6.45) is 0.232. The van der Waals surface area contributed by atoms with Gasteiger partial charge in [0.2, 0.25) is 0 Å². The zero-order valence-electron chi connectivity index (χ0n) is 10.6. The highest BCUT2D eigenvalue weighted by atomic mass is 16.5. The van der Waals surface area contributed by atoms with E-state index in [1.54, 1.807) is 6.92 Å². The summed E-state index contributed by atoms with van der Waals surface area (Å²) in [5.74, 6) is -0.562. The molecule has 0 aliphatic rings. The number of hydrogen-bond acceptors (Lipinski definition) is 5. The summed E-state index contributed by atoms with van der Waals surface area (Å²) in [7, 11) is 2.69. The van der Waals surface area contributed by atoms with E-state index in [0.29, 0.717) is 6.54 Å². The van der Waals surface area contributed by atoms with Crippen molar-refractivity contribution < 1.29 is 19.1 Å². The number of nitrogens with one attached hydrogen (secondary N) is 1. The summed E-state index contributed by atoms with van der Waals surface area (Å²) in [4.78, 5) is 22.5. The quantitative estimate of drug-likeness (QED) is 0.683. The molecule has 0 aromatic heterocycles. The predicted molar refractivity (Wildman–Crippen MR) is 59.9 cm³/mol. The van der Waals surface area contributed by atoms with Crippen molar-refractivity contribution >= 4 is 11.9 Å². The SMILES string of the molecule is COC(=O)CCN[C@](C)(C(=O)OC)C(C)C. The maximum Gasteiger partial charge on any atom is 0.326 e. The first-order chi connectivity index (χ1) is 7.38. The van der Waals surface area contributed by atoms with Crippen molar-refractivity contribution in [2.75, 3.05) is 20.8 Å². The Hall–Kier alpha value is -1.10. The average Bonchev–Trinajstić information content (AvgIpc) is 2.26. The first-order valence-corrected chi connectivity index (χ1v) is 5.28. The van der Waals surface area contributed by atoms with Gasteiger partial charge in [0, 0.05) is 6.54 Å². The van der Waals surface area contributed by atoms with Crippen LogP contribution >= 0.6 is 0 Å². The molecule has 5 nitrogen and oxygen atoms in total. The van der Waals surface area contributed by atoms with Gasteiger partial charge >= 0.3 is 11.9 Å². The third kappa shape index (κ3) is 3.81. The van der Waals surface area contributed by atoms with Crippen molar-refractivity contribution in [2.45, 2.75) is 32.7 Å². The number of methoxy groups -OCH3 is 2. The first kappa shape index (κ1) is 14.9. The van der Waals surface area contributed by atoms with E-state index >= 15 is 0 Å². The second-order valence-corrected chi connectivity index (χ2v) is 4.10. The maximum absolute atomic E-state index is 11.6. The van der Waals surface area contributed by atoms with Crippen LogP contribution in [0.15, 0.2) is 0 Å². The Labute approximate surface area is 96.5 Å². The van der Waals surface area contributed by atoms with Crippen LogP contribution in [0.2, 0.25) is 0 Å². The van der Waals surface area contributed by atoms with Gasteiger partial charge in [-0.05, 0) is 12.8 Å². The second-order valence-electron chi connectivity index (χ2n) is 4.10. The van der Waals surface area contributed by atoms with E-state index < -0.39 is 5.54 Å². The van der Waals surface area contributed by atoms with Gasteiger partial charge in [0.05, 0.1) is 20.6 Å². The number of carbonyl (C=O) groups excluding carboxylic acids is 2. The van der Waals surface area contributed by atoms with Gasteiger partial charge in [-0.1, -0.05) is 13.8 Å². The molecule has 0 spiro atoms. The topological polar surface area (TPSA) is 64.6 Å². The molecular formula is C11H21NO4. The Morgan fingerprint density at radius 1 is 1.25 bits per heavy atom. The summed E-state index contributed by atoms with van der Waals surface area (Å²) >= 11 is 0. The summed E-state index contributed by atoms with van der Waals surface area (Å²) < 4.78 is 9.26. The monoisotopic (exact) mass is 231 g/mol. The lowest BCUT2D eigenvalue weighted by atomic mass is 9.88. The van der Waals surface area contributed by atoms with Crippen molar-refractivity contribution in [3.8, 4) is 0 Å². The maximum atomic E-state index is 11.6. The van der Waals surface area contributed by atoms with Crippen LogP contribution in [-0.2, 0) is 19.1 Å². The Morgan fingerprint density at radius 2 is 1.81 bits per heavy atom. The van der Waals surface area contributed by atoms with Gasteiger partial charge in [0.25, 0.3) is 0 Å². The Balaban J connectivity index is 4.35. The van der Waals surface area contributed by atoms with Gasteiger partial charge in [-0.3, -0.25) is 9.59 Å². The third-order valence-corrected chi connectivity index (χ3v) is 2.81. The number of ether oxygens (including phenoxy) is 2. The van der Waals surface area contributed by atoms with Crippen LogP contribution in [0.5, 0.6) is 0 Å². The fourth-order valence-corrected chi connectivity index (χ4v) is 1.25. The first-order valence-electron chi connectivity index (χ1n) is 5.28. The van der Waals surface area contributed by atoms with Crippen LogP contribution in [0.25, 0.3) is 0 Å². The molecule has 0 saturated carbocycles. The number of esters is 2. The zero-order chi connectivity index (χ0) is 12.8. The van der Waals surface area contributed by atoms with Crippen LogP contribution in [0, 0.1) is 5.92 Å². The molecule has 0 rings (SSSR count). The minimum Gasteiger partial charge on any atom is -0.469 e. The van der Waals surface area contributed by atoms with Crippen molar-refractivity contribution in [3.63, 3.8) is 0 Å². The molecule has 5 heteroatoms. The van der Waals surface area contributed by atoms with Crippen molar-refractivity contribution in [2.24, 2.45) is 5.92 Å². The minimum atomic E-state index is -0.775. The molecule has 0 aliphatic heterocycles. The molecule has 0 saturated heterocycles. The molecule has 0 fully saturated rings. The van der Waals surface area contributed by atoms with Crippen LogP contribution < -0.4 is 5.32 Å². The van der Waals surface area contributed by atoms with E-state index in [1.807, 2.05) is 13.8 Å². The van der Waals surface area contributed by atoms with Crippen LogP contribution in [0.1, 0.15) is 27.2 Å². The average molecular weight is 231 g/mol. The van der Waals surface area contributed by atoms with E-state index in [1.165, 1.54) is 14.2 Å². The van der Waals surface area contributed by atoms with E-state index in [0.717, 1.165) is 0 Å². The van der Waals surface area contributed by atoms with E-state index in [9.17, 15) is 9.59 Å². The van der Waals surface area contributed by atoms with Gasteiger partial charge in [-0.15, -0.1) is 0 Å². The highest BCUT2D eigenvalue weighted by molar-refractivity contribution is 5.80. The van der Waals surface area contributed by atoms with Crippen molar-refractivity contribution in [1.82, 2.24) is 5.32 Å². The molecular weight excluding hydrogens is 210 g/mol. The Morgan fingerprint density at radius 3 is 2.19 bits per heavy atom. The third-order valence-electron chi connectivity index (χ3n) is 2.81. The van der Waals surface area contributed by atoms with Gasteiger partial charge in [0.15, 0.2) is 0 Å². The lowest BCUT2D eigenvalue weighted by Gasteiger charge is -2.31. The molecule has 16 heavy (non-hydrogen) atoms. The molecule has 0 bridgehead atoms. The molecule has 0 aromatic rings. The molecule has 94 valence electrons. The van der Waals surface area contributed by atoms with Gasteiger partial charge in [-0.2, -0.15) is 0 Å². The molecule has 1 N–H and O–H groups in total. The van der Waals surface area contributed by atoms with Gasteiger partial charge in [-0.25, -0.2) is 0 Å². The fourth-order valence-electron chi connectivity index (χ4n) is 1.25. The number of hydrogen-bond donors (Lipinski definition) is 1. The smallest absolute Gasteiger partial charge is 0.326 e. The van der Waals surface area contributed by atoms with Crippen molar-refractivity contribution in [1.29, 1.82) is 0 Å². The highest BCUT2D eigenvalue weighted by Gasteiger charge is 2.37. The Kier molecular flexibility index (Phi) is 6.03. The van der Waals surface area contributed by atoms with Crippen LogP contribution in [0.3, 0.4) is 0 Å². The van der Waals surface area contributed by atoms with Crippen LogP contribution in [-0.4, -0.2) is 38.2 Å². The normalized spacial score (nSPS) is 14.4. The standard InChI is InChI=1S/C11H21NO4/c1-8(2)11(3,10(14)16-5)12-7-6-9(13)15-4/h8,12H,6-7H2,1-5H3/t11-/m0/s1. The molecule has 0 unspecified atom stereocenters. The lowest BCUT2D eigenvalue weighted by Crippen LogP contribution is -2.54. The Bertz CT molecular complexity index is 252. The molecule has 0 aromatic carbocycles. The predicted octanol–water partition coefficient (Wildman–Crippen LogP) is 0.727. The van der Waals surface area contributed by atoms with E-state index in [-0.39, 0.29) is 24.3 Å². The van der Waals surface area contributed by atoms with Gasteiger partial charge < -0.3 is 14.8 Å². The molecule has 0 aliphatic carbocycles. The minimum absolute atomic E-state index is 0.0672. The summed E-state index contributed by atoms with van der Waals surface area (Å²) in [6.45, 7) is 5.99. The summed E-state index contributed by atoms with van der Waals surface area (Å²) in [5.41, 5.74) is -0.775. The number of carbonyl (C=O) groups is 2. The van der Waals surface area contributed by atoms with E-state index in [2.05, 4.69) is 10.1 Å². The highest BCUT2D eigenvalue weighted by Crippen LogP contribution is 2.18. The largest absolute Gasteiger partial charge is 0.469 e. The summed E-state index contributed by atoms with van der Waals surface area (Å²) in [5, 5.41) is 3.04. The number of rotatable bonds is 6. The van der Waals surface area contributed by atoms with Crippen LogP contribution in [0.4, 0.5) is 0 Å². The second kappa shape index (κ2) is 6.48. The molecule has 0 amide bonds. The van der Waals surface area contributed by atoms with Gasteiger partial charge in [0.1, 0.15) is 5.54 Å². The van der Waals surface area contributed by atoms with E-state index in [4.69, 9.17) is 4.74 Å². The molecule has 0 radical (unpaired) electrons. The van der Waals surface area contributed by atoms with Crippen molar-refractivity contribution in [3.05, 3.63) is 0 Å². The molecule has 1 atom stereocenters. The summed E-state index contributed by atoms with van der Waals surface area (Å²) in [6, 6.07) is 0.